The molecule has 0 heterocycles. The molecule has 0 unspecified atom stereocenters. The number of amides is 1. The molecule has 14 heavy (non-hydrogen) atoms. The van der Waals surface area contributed by atoms with Gasteiger partial charge >= 0.3 is 0 Å². The molecule has 0 saturated heterocycles. The van der Waals surface area contributed by atoms with Gasteiger partial charge < -0.3 is 5.73 Å². The highest BCUT2D eigenvalue weighted by Gasteiger charge is 1.91. The average molecular weight is 187 g/mol. The van der Waals surface area contributed by atoms with Crippen molar-refractivity contribution in [2.75, 3.05) is 5.73 Å². The van der Waals surface area contributed by atoms with Crippen LogP contribution in [0.25, 0.3) is 6.08 Å². The second-order valence-electron chi connectivity index (χ2n) is 2.60. The zero-order valence-corrected chi connectivity index (χ0v) is 7.40. The van der Waals surface area contributed by atoms with Crippen LogP contribution < -0.4 is 11.1 Å². The summed E-state index contributed by atoms with van der Waals surface area (Å²) in [4.78, 5) is 10.8. The summed E-state index contributed by atoms with van der Waals surface area (Å²) in [7, 11) is 0. The predicted octanol–water partition coefficient (Wildman–Crippen LogP) is 0.879. The molecule has 1 amide bonds. The lowest BCUT2D eigenvalue weighted by atomic mass is 10.2. The Morgan fingerprint density at radius 3 is 2.64 bits per heavy atom. The normalized spacial score (nSPS) is 9.64. The Kier molecular flexibility index (Phi) is 3.27. The molecular weight excluding hydrogens is 178 g/mol. The number of anilines is 1. The maximum Gasteiger partial charge on any atom is 0.256 e. The SMILES string of the molecule is N#CNC(=O)/C=C/c1ccc(N)cc1. The lowest BCUT2D eigenvalue weighted by molar-refractivity contribution is -0.115. The molecule has 0 aliphatic rings. The van der Waals surface area contributed by atoms with Gasteiger partial charge in [0.15, 0.2) is 6.19 Å². The van der Waals surface area contributed by atoms with Crippen molar-refractivity contribution in [1.82, 2.24) is 5.32 Å². The highest BCUT2D eigenvalue weighted by Crippen LogP contribution is 2.06. The van der Waals surface area contributed by atoms with Crippen molar-refractivity contribution in [3.63, 3.8) is 0 Å². The Morgan fingerprint density at radius 2 is 2.07 bits per heavy atom. The van der Waals surface area contributed by atoms with Crippen LogP contribution in [0.15, 0.2) is 30.3 Å². The lowest BCUT2D eigenvalue weighted by Gasteiger charge is -1.93. The highest BCUT2D eigenvalue weighted by molar-refractivity contribution is 5.92. The fraction of sp³-hybridized carbons (Fsp3) is 0. The number of hydrogen-bond donors (Lipinski definition) is 2. The Hall–Kier alpha value is -2.28. The molecule has 0 fully saturated rings. The number of nitrogen functional groups attached to an aromatic ring is 1. The highest BCUT2D eigenvalue weighted by atomic mass is 16.1. The largest absolute Gasteiger partial charge is 0.399 e. The second-order valence-corrected chi connectivity index (χ2v) is 2.60. The van der Waals surface area contributed by atoms with Crippen LogP contribution in [0.1, 0.15) is 5.56 Å². The van der Waals surface area contributed by atoms with Crippen molar-refractivity contribution in [2.24, 2.45) is 0 Å². The molecule has 0 radical (unpaired) electrons. The Bertz CT molecular complexity index is 387. The first-order chi connectivity index (χ1) is 6.72. The number of benzene rings is 1. The van der Waals surface area contributed by atoms with E-state index >= 15 is 0 Å². The molecule has 1 aromatic rings. The van der Waals surface area contributed by atoms with E-state index in [0.717, 1.165) is 5.56 Å². The first kappa shape index (κ1) is 9.81. The number of hydrogen-bond acceptors (Lipinski definition) is 3. The van der Waals surface area contributed by atoms with E-state index in [1.54, 1.807) is 36.5 Å². The van der Waals surface area contributed by atoms with Gasteiger partial charge in [-0.1, -0.05) is 12.1 Å². The molecule has 70 valence electrons. The van der Waals surface area contributed by atoms with Gasteiger partial charge in [0, 0.05) is 11.8 Å². The zero-order valence-electron chi connectivity index (χ0n) is 7.40. The van der Waals surface area contributed by atoms with E-state index in [9.17, 15) is 4.79 Å². The fourth-order valence-corrected chi connectivity index (χ4v) is 0.876. The summed E-state index contributed by atoms with van der Waals surface area (Å²) in [6.45, 7) is 0. The topological polar surface area (TPSA) is 78.9 Å². The van der Waals surface area contributed by atoms with Crippen LogP contribution in [0.5, 0.6) is 0 Å². The molecule has 4 nitrogen and oxygen atoms in total. The van der Waals surface area contributed by atoms with Crippen molar-refractivity contribution in [3.8, 4) is 6.19 Å². The first-order valence-electron chi connectivity index (χ1n) is 3.95. The van der Waals surface area contributed by atoms with Gasteiger partial charge in [0.1, 0.15) is 0 Å². The summed E-state index contributed by atoms with van der Waals surface area (Å²) < 4.78 is 0. The second kappa shape index (κ2) is 4.67. The third-order valence-corrected chi connectivity index (χ3v) is 1.54. The smallest absolute Gasteiger partial charge is 0.256 e. The molecule has 4 heteroatoms. The van der Waals surface area contributed by atoms with Gasteiger partial charge in [0.25, 0.3) is 5.91 Å². The van der Waals surface area contributed by atoms with Gasteiger partial charge in [-0.05, 0) is 23.8 Å². The molecule has 0 aromatic heterocycles. The molecule has 3 N–H and O–H groups in total. The maximum atomic E-state index is 10.8. The molecule has 0 bridgehead atoms. The summed E-state index contributed by atoms with van der Waals surface area (Å²) in [6.07, 6.45) is 4.43. The molecular formula is C10H9N3O. The van der Waals surface area contributed by atoms with Gasteiger partial charge in [0.05, 0.1) is 0 Å². The summed E-state index contributed by atoms with van der Waals surface area (Å²) in [6, 6.07) is 7.04. The average Bonchev–Trinajstić information content (AvgIpc) is 2.17. The Balaban J connectivity index is 2.65. The Morgan fingerprint density at radius 1 is 1.43 bits per heavy atom. The van der Waals surface area contributed by atoms with Crippen LogP contribution >= 0.6 is 0 Å². The van der Waals surface area contributed by atoms with Crippen molar-refractivity contribution < 1.29 is 4.79 Å². The Labute approximate surface area is 81.6 Å². The minimum Gasteiger partial charge on any atom is -0.399 e. The fourth-order valence-electron chi connectivity index (χ4n) is 0.876. The van der Waals surface area contributed by atoms with E-state index < -0.39 is 5.91 Å². The van der Waals surface area contributed by atoms with Crippen LogP contribution in [-0.2, 0) is 4.79 Å². The number of nitrogens with two attached hydrogens (primary N) is 1. The standard InChI is InChI=1S/C10H9N3O/c11-7-13-10(14)6-3-8-1-4-9(12)5-2-8/h1-6H,12H2,(H,13,14)/b6-3+. The maximum absolute atomic E-state index is 10.8. The van der Waals surface area contributed by atoms with Crippen LogP contribution in [0.4, 0.5) is 5.69 Å². The van der Waals surface area contributed by atoms with Crippen molar-refractivity contribution >= 4 is 17.7 Å². The van der Waals surface area contributed by atoms with Gasteiger partial charge in [-0.25, -0.2) is 0 Å². The third kappa shape index (κ3) is 2.99. The van der Waals surface area contributed by atoms with Crippen LogP contribution in [0.3, 0.4) is 0 Å². The molecule has 0 aliphatic heterocycles. The summed E-state index contributed by atoms with van der Waals surface area (Å²) >= 11 is 0. The monoisotopic (exact) mass is 187 g/mol. The minimum atomic E-state index is -0.440. The van der Waals surface area contributed by atoms with Gasteiger partial charge in [0.2, 0.25) is 0 Å². The van der Waals surface area contributed by atoms with Gasteiger partial charge in [-0.2, -0.15) is 5.26 Å². The lowest BCUT2D eigenvalue weighted by Crippen LogP contribution is -2.13. The van der Waals surface area contributed by atoms with Crippen molar-refractivity contribution in [1.29, 1.82) is 5.26 Å². The van der Waals surface area contributed by atoms with Crippen molar-refractivity contribution in [2.45, 2.75) is 0 Å². The summed E-state index contributed by atoms with van der Waals surface area (Å²) in [5, 5.41) is 10.1. The first-order valence-corrected chi connectivity index (χ1v) is 3.95. The number of rotatable bonds is 2. The van der Waals surface area contributed by atoms with Gasteiger partial charge in [-0.15, -0.1) is 0 Å². The number of carbonyl (C=O) groups excluding carboxylic acids is 1. The van der Waals surface area contributed by atoms with Crippen LogP contribution in [0.2, 0.25) is 0 Å². The summed E-state index contributed by atoms with van der Waals surface area (Å²) in [5.74, 6) is -0.440. The van der Waals surface area contributed by atoms with Crippen molar-refractivity contribution in [3.05, 3.63) is 35.9 Å². The quantitative estimate of drug-likeness (QED) is 0.312. The van der Waals surface area contributed by atoms with E-state index in [1.807, 2.05) is 5.32 Å². The van der Waals surface area contributed by atoms with Crippen LogP contribution in [-0.4, -0.2) is 5.91 Å². The molecule has 1 rings (SSSR count). The number of carbonyl (C=O) groups is 1. The molecule has 0 saturated carbocycles. The number of nitrogens with zero attached hydrogens (tertiary/aromatic N) is 1. The minimum absolute atomic E-state index is 0.440. The van der Waals surface area contributed by atoms with E-state index in [4.69, 9.17) is 11.0 Å². The molecule has 1 aromatic carbocycles. The summed E-state index contributed by atoms with van der Waals surface area (Å²) in [5.41, 5.74) is 7.01. The van der Waals surface area contributed by atoms with Crippen LogP contribution in [0, 0.1) is 11.5 Å². The number of nitriles is 1. The van der Waals surface area contributed by atoms with E-state index in [-0.39, 0.29) is 0 Å². The van der Waals surface area contributed by atoms with E-state index in [1.165, 1.54) is 6.08 Å². The molecule has 0 spiro atoms. The molecule has 0 aliphatic carbocycles. The predicted molar refractivity (Wildman–Crippen MR) is 53.6 cm³/mol. The number of nitrogens with one attached hydrogen (secondary N) is 1. The van der Waals surface area contributed by atoms with Gasteiger partial charge in [-0.3, -0.25) is 10.1 Å². The third-order valence-electron chi connectivity index (χ3n) is 1.54. The van der Waals surface area contributed by atoms with E-state index in [0.29, 0.717) is 5.69 Å². The zero-order chi connectivity index (χ0) is 10.4. The molecule has 0 atom stereocenters. The van der Waals surface area contributed by atoms with E-state index in [2.05, 4.69) is 0 Å².